The van der Waals surface area contributed by atoms with Crippen LogP contribution in [0, 0.1) is 5.92 Å². The zero-order valence-electron chi connectivity index (χ0n) is 13.3. The van der Waals surface area contributed by atoms with E-state index in [1.54, 1.807) is 0 Å². The van der Waals surface area contributed by atoms with Crippen molar-refractivity contribution in [2.45, 2.75) is 52.4 Å². The van der Waals surface area contributed by atoms with Crippen LogP contribution in [0.1, 0.15) is 52.4 Å². The number of carboxylic acid groups (broad SMARTS) is 2. The second kappa shape index (κ2) is 15.7. The van der Waals surface area contributed by atoms with E-state index < -0.39 is 22.3 Å². The summed E-state index contributed by atoms with van der Waals surface area (Å²) in [6, 6.07) is 0. The average molecular weight is 350 g/mol. The van der Waals surface area contributed by atoms with Gasteiger partial charge in [0, 0.05) is 0 Å². The van der Waals surface area contributed by atoms with Gasteiger partial charge in [-0.2, -0.15) is 0 Å². The van der Waals surface area contributed by atoms with E-state index in [1.807, 2.05) is 0 Å². The van der Waals surface area contributed by atoms with Gasteiger partial charge in [0.15, 0.2) is 0 Å². The zero-order chi connectivity index (χ0) is 16.9. The van der Waals surface area contributed by atoms with Crippen LogP contribution >= 0.6 is 0 Å². The summed E-state index contributed by atoms with van der Waals surface area (Å²) in [6.07, 6.45) is 3.14. The van der Waals surface area contributed by atoms with E-state index in [2.05, 4.69) is 18.0 Å². The molecule has 0 aliphatic carbocycles. The van der Waals surface area contributed by atoms with Gasteiger partial charge in [0.1, 0.15) is 0 Å². The Morgan fingerprint density at radius 2 is 1.50 bits per heavy atom. The van der Waals surface area contributed by atoms with Crippen molar-refractivity contribution in [3.63, 3.8) is 0 Å². The van der Waals surface area contributed by atoms with Gasteiger partial charge >= 0.3 is 41.5 Å². The van der Waals surface area contributed by atoms with Crippen molar-refractivity contribution in [3.05, 3.63) is 0 Å². The molecule has 8 nitrogen and oxygen atoms in total. The Balaban J connectivity index is -0.000000348. The van der Waals surface area contributed by atoms with Crippen molar-refractivity contribution in [1.29, 1.82) is 0 Å². The SMILES string of the molecule is CC(C)CCCCCOS(=O)(=O)[O-].O=C(O)CCC(=O)O.[Na+]. The van der Waals surface area contributed by atoms with Crippen LogP contribution in [0.2, 0.25) is 0 Å². The van der Waals surface area contributed by atoms with Crippen LogP contribution in [0.15, 0.2) is 0 Å². The Kier molecular flexibility index (Phi) is 19.0. The number of carboxylic acids is 2. The Morgan fingerprint density at radius 1 is 1.05 bits per heavy atom. The molecule has 0 saturated carbocycles. The van der Waals surface area contributed by atoms with Crippen LogP contribution in [-0.4, -0.2) is 41.7 Å². The van der Waals surface area contributed by atoms with Crippen molar-refractivity contribution in [1.82, 2.24) is 0 Å². The Bertz CT molecular complexity index is 380. The van der Waals surface area contributed by atoms with E-state index in [0.29, 0.717) is 12.3 Å². The van der Waals surface area contributed by atoms with E-state index in [1.165, 1.54) is 0 Å². The van der Waals surface area contributed by atoms with Gasteiger partial charge in [-0.25, -0.2) is 8.42 Å². The number of carbonyl (C=O) groups is 2. The van der Waals surface area contributed by atoms with E-state index in [4.69, 9.17) is 10.2 Å². The molecule has 0 heterocycles. The minimum Gasteiger partial charge on any atom is -0.726 e. The third-order valence-electron chi connectivity index (χ3n) is 2.21. The molecule has 0 spiro atoms. The summed E-state index contributed by atoms with van der Waals surface area (Å²) < 4.78 is 34.0. The number of hydrogen-bond donors (Lipinski definition) is 2. The Labute approximate surface area is 153 Å². The quantitative estimate of drug-likeness (QED) is 0.212. The van der Waals surface area contributed by atoms with Gasteiger partial charge in [0.25, 0.3) is 0 Å². The summed E-state index contributed by atoms with van der Waals surface area (Å²) in [7, 11) is -4.48. The van der Waals surface area contributed by atoms with Gasteiger partial charge in [-0.15, -0.1) is 0 Å². The zero-order valence-corrected chi connectivity index (χ0v) is 16.1. The van der Waals surface area contributed by atoms with Crippen LogP contribution in [0.3, 0.4) is 0 Å². The molecule has 0 unspecified atom stereocenters. The van der Waals surface area contributed by atoms with Crippen LogP contribution < -0.4 is 29.6 Å². The predicted molar refractivity (Wildman–Crippen MR) is 73.5 cm³/mol. The first kappa shape index (κ1) is 26.7. The van der Waals surface area contributed by atoms with Gasteiger partial charge in [0.05, 0.1) is 19.4 Å². The molecule has 0 aromatic rings. The summed E-state index contributed by atoms with van der Waals surface area (Å²) in [5.41, 5.74) is 0. The van der Waals surface area contributed by atoms with Gasteiger partial charge < -0.3 is 14.8 Å². The maximum atomic E-state index is 9.99. The summed E-state index contributed by atoms with van der Waals surface area (Å²) in [6.45, 7) is 4.29. The molecular formula is C12H23NaO8S. The molecule has 0 rings (SSSR count). The van der Waals surface area contributed by atoms with E-state index in [9.17, 15) is 22.6 Å². The molecule has 0 radical (unpaired) electrons. The van der Waals surface area contributed by atoms with E-state index in [-0.39, 0.29) is 49.0 Å². The number of unbranched alkanes of at least 4 members (excludes halogenated alkanes) is 2. The molecule has 0 amide bonds. The summed E-state index contributed by atoms with van der Waals surface area (Å²) in [4.78, 5) is 19.3. The van der Waals surface area contributed by atoms with E-state index >= 15 is 0 Å². The minimum atomic E-state index is -4.48. The van der Waals surface area contributed by atoms with Crippen LogP contribution in [0.25, 0.3) is 0 Å². The van der Waals surface area contributed by atoms with E-state index in [0.717, 1.165) is 19.3 Å². The molecule has 0 aromatic heterocycles. The Morgan fingerprint density at radius 3 is 1.82 bits per heavy atom. The molecule has 22 heavy (non-hydrogen) atoms. The molecule has 0 atom stereocenters. The van der Waals surface area contributed by atoms with Crippen LogP contribution in [0.4, 0.5) is 0 Å². The molecule has 0 bridgehead atoms. The summed E-state index contributed by atoms with van der Waals surface area (Å²) >= 11 is 0. The first-order chi connectivity index (χ1) is 9.54. The number of hydrogen-bond acceptors (Lipinski definition) is 6. The van der Waals surface area contributed by atoms with Crippen molar-refractivity contribution in [2.75, 3.05) is 6.61 Å². The van der Waals surface area contributed by atoms with Crippen molar-refractivity contribution >= 4 is 22.3 Å². The largest absolute Gasteiger partial charge is 1.00 e. The molecule has 0 aliphatic rings. The fourth-order valence-corrected chi connectivity index (χ4v) is 1.53. The van der Waals surface area contributed by atoms with Gasteiger partial charge in [-0.3, -0.25) is 13.8 Å². The molecule has 10 heteroatoms. The molecular weight excluding hydrogens is 327 g/mol. The fraction of sp³-hybridized carbons (Fsp3) is 0.833. The maximum Gasteiger partial charge on any atom is 1.00 e. The molecule has 126 valence electrons. The average Bonchev–Trinajstić information content (AvgIpc) is 2.30. The van der Waals surface area contributed by atoms with Crippen LogP contribution in [-0.2, 0) is 24.2 Å². The van der Waals surface area contributed by atoms with Crippen LogP contribution in [0.5, 0.6) is 0 Å². The van der Waals surface area contributed by atoms with Crippen molar-refractivity contribution in [2.24, 2.45) is 5.92 Å². The van der Waals surface area contributed by atoms with Crippen molar-refractivity contribution in [3.8, 4) is 0 Å². The number of rotatable bonds is 10. The van der Waals surface area contributed by atoms with Gasteiger partial charge in [-0.1, -0.05) is 33.1 Å². The monoisotopic (exact) mass is 350 g/mol. The second-order valence-electron chi connectivity index (χ2n) is 4.76. The second-order valence-corrected chi connectivity index (χ2v) is 5.81. The fourth-order valence-electron chi connectivity index (χ4n) is 1.21. The maximum absolute atomic E-state index is 9.99. The third kappa shape index (κ3) is 32.0. The predicted octanol–water partition coefficient (Wildman–Crippen LogP) is -1.38. The van der Waals surface area contributed by atoms with Gasteiger partial charge in [-0.05, 0) is 12.3 Å². The van der Waals surface area contributed by atoms with Gasteiger partial charge in [0.2, 0.25) is 10.4 Å². The molecule has 0 fully saturated rings. The normalized spacial score (nSPS) is 10.4. The molecule has 0 aliphatic heterocycles. The van der Waals surface area contributed by atoms with Crippen molar-refractivity contribution < 1.29 is 66.5 Å². The smallest absolute Gasteiger partial charge is 0.726 e. The molecule has 2 N–H and O–H groups in total. The topological polar surface area (TPSA) is 141 Å². The summed E-state index contributed by atoms with van der Waals surface area (Å²) in [5, 5.41) is 15.8. The molecule has 0 saturated heterocycles. The first-order valence-corrected chi connectivity index (χ1v) is 7.91. The first-order valence-electron chi connectivity index (χ1n) is 6.58. The molecule has 0 aromatic carbocycles. The number of aliphatic carboxylic acids is 2. The third-order valence-corrected chi connectivity index (χ3v) is 2.66. The summed E-state index contributed by atoms with van der Waals surface area (Å²) in [5.74, 6) is -1.48. The standard InChI is InChI=1S/C8H18O4S.C4H6O4.Na/c1-8(2)6-4-3-5-7-12-13(9,10)11;5-3(6)1-2-4(7)8;/h8H,3-7H2,1-2H3,(H,9,10,11);1-2H2,(H,5,6)(H,7,8);/q;;+1/p-1. The minimum absolute atomic E-state index is 0. The Hall–Kier alpha value is -0.190.